The first-order chi connectivity index (χ1) is 12.3. The number of rotatable bonds is 7. The highest BCUT2D eigenvalue weighted by atomic mass is 16.5. The second-order valence-electron chi connectivity index (χ2n) is 7.59. The molecule has 2 rings (SSSR count). The van der Waals surface area contributed by atoms with Gasteiger partial charge in [0.05, 0.1) is 6.42 Å². The van der Waals surface area contributed by atoms with Crippen molar-refractivity contribution < 1.29 is 14.3 Å². The van der Waals surface area contributed by atoms with Gasteiger partial charge in [-0.05, 0) is 22.1 Å². The summed E-state index contributed by atoms with van der Waals surface area (Å²) >= 11 is 0. The quantitative estimate of drug-likeness (QED) is 0.763. The number of hydrogen-bond acceptors (Lipinski definition) is 3. The Balaban J connectivity index is 1.94. The Labute approximate surface area is 155 Å². The van der Waals surface area contributed by atoms with Crippen LogP contribution in [0.4, 0.5) is 0 Å². The summed E-state index contributed by atoms with van der Waals surface area (Å²) in [5.74, 6) is -1.02. The van der Waals surface area contributed by atoms with E-state index in [1.54, 1.807) is 0 Å². The van der Waals surface area contributed by atoms with Gasteiger partial charge >= 0.3 is 5.97 Å². The number of ether oxygens (including phenoxy) is 1. The Bertz CT molecular complexity index is 730. The van der Waals surface area contributed by atoms with Crippen molar-refractivity contribution in [3.63, 3.8) is 0 Å². The summed E-state index contributed by atoms with van der Waals surface area (Å²) in [6, 6.07) is 17.5. The number of hydrogen-bond donors (Lipinski definition) is 1. The van der Waals surface area contributed by atoms with Gasteiger partial charge in [-0.15, -0.1) is 0 Å². The van der Waals surface area contributed by atoms with Gasteiger partial charge in [-0.2, -0.15) is 0 Å². The van der Waals surface area contributed by atoms with Crippen LogP contribution in [0.15, 0.2) is 54.6 Å². The molecule has 4 heteroatoms. The molecule has 0 aliphatic rings. The van der Waals surface area contributed by atoms with E-state index >= 15 is 0 Å². The molecule has 0 spiro atoms. The fraction of sp³-hybridized carbons (Fsp3) is 0.364. The number of carbonyl (C=O) groups is 2. The van der Waals surface area contributed by atoms with Crippen LogP contribution in [0.2, 0.25) is 0 Å². The monoisotopic (exact) mass is 353 g/mol. The minimum atomic E-state index is -0.426. The molecule has 0 aliphatic carbocycles. The van der Waals surface area contributed by atoms with Crippen molar-refractivity contribution in [2.75, 3.05) is 0 Å². The Morgan fingerprint density at radius 2 is 1.58 bits per heavy atom. The summed E-state index contributed by atoms with van der Waals surface area (Å²) in [4.78, 5) is 23.6. The van der Waals surface area contributed by atoms with Crippen molar-refractivity contribution in [3.05, 3.63) is 71.3 Å². The van der Waals surface area contributed by atoms with Gasteiger partial charge in [0.25, 0.3) is 0 Å². The van der Waals surface area contributed by atoms with Crippen LogP contribution in [0.25, 0.3) is 0 Å². The summed E-state index contributed by atoms with van der Waals surface area (Å²) < 4.78 is 5.40. The molecule has 26 heavy (non-hydrogen) atoms. The largest absolute Gasteiger partial charge is 0.461 e. The van der Waals surface area contributed by atoms with Crippen molar-refractivity contribution in [1.82, 2.24) is 0 Å². The van der Waals surface area contributed by atoms with Gasteiger partial charge in [-0.1, -0.05) is 75.4 Å². The lowest BCUT2D eigenvalue weighted by molar-refractivity contribution is -0.145. The predicted octanol–water partition coefficient (Wildman–Crippen LogP) is 4.08. The van der Waals surface area contributed by atoms with Crippen LogP contribution < -0.4 is 5.73 Å². The van der Waals surface area contributed by atoms with E-state index in [1.165, 1.54) is 5.56 Å². The molecule has 2 aromatic carbocycles. The number of amides is 1. The zero-order valence-electron chi connectivity index (χ0n) is 15.7. The van der Waals surface area contributed by atoms with Crippen LogP contribution in [-0.2, 0) is 26.3 Å². The molecule has 138 valence electrons. The van der Waals surface area contributed by atoms with Gasteiger partial charge in [0.1, 0.15) is 6.61 Å². The topological polar surface area (TPSA) is 69.4 Å². The third-order valence-corrected chi connectivity index (χ3v) is 4.35. The summed E-state index contributed by atoms with van der Waals surface area (Å²) in [5, 5.41) is 0. The smallest absolute Gasteiger partial charge is 0.306 e. The lowest BCUT2D eigenvalue weighted by atomic mass is 9.87. The molecule has 0 aromatic heterocycles. The van der Waals surface area contributed by atoms with Crippen molar-refractivity contribution in [1.29, 1.82) is 0 Å². The fourth-order valence-corrected chi connectivity index (χ4v) is 2.80. The molecule has 2 N–H and O–H groups in total. The number of nitrogens with two attached hydrogens (primary N) is 1. The van der Waals surface area contributed by atoms with Crippen molar-refractivity contribution in [2.24, 2.45) is 5.73 Å². The van der Waals surface area contributed by atoms with E-state index in [2.05, 4.69) is 32.9 Å². The SMILES string of the molecule is CC(C)(C)c1ccc(COC(=O)C[C@H](CC(N)=O)c2ccccc2)cc1. The molecule has 1 amide bonds. The van der Waals surface area contributed by atoms with E-state index in [1.807, 2.05) is 42.5 Å². The summed E-state index contributed by atoms with van der Waals surface area (Å²) in [6.07, 6.45) is 0.256. The van der Waals surface area contributed by atoms with E-state index in [9.17, 15) is 9.59 Å². The molecule has 0 fully saturated rings. The Hall–Kier alpha value is -2.62. The molecule has 0 bridgehead atoms. The van der Waals surface area contributed by atoms with Crippen LogP contribution in [-0.4, -0.2) is 11.9 Å². The van der Waals surface area contributed by atoms with Gasteiger partial charge in [-0.25, -0.2) is 0 Å². The minimum Gasteiger partial charge on any atom is -0.461 e. The third-order valence-electron chi connectivity index (χ3n) is 4.35. The van der Waals surface area contributed by atoms with E-state index in [4.69, 9.17) is 10.5 Å². The Kier molecular flexibility index (Phi) is 6.56. The van der Waals surface area contributed by atoms with Crippen molar-refractivity contribution >= 4 is 11.9 Å². The van der Waals surface area contributed by atoms with E-state index in [0.29, 0.717) is 0 Å². The summed E-state index contributed by atoms with van der Waals surface area (Å²) in [6.45, 7) is 6.70. The zero-order valence-corrected chi connectivity index (χ0v) is 15.7. The molecular weight excluding hydrogens is 326 g/mol. The maximum Gasteiger partial charge on any atom is 0.306 e. The molecule has 0 heterocycles. The van der Waals surface area contributed by atoms with Crippen LogP contribution in [0.5, 0.6) is 0 Å². The zero-order chi connectivity index (χ0) is 19.2. The van der Waals surface area contributed by atoms with Crippen LogP contribution in [0, 0.1) is 0 Å². The summed E-state index contributed by atoms with van der Waals surface area (Å²) in [7, 11) is 0. The highest BCUT2D eigenvalue weighted by molar-refractivity contribution is 5.77. The first kappa shape index (κ1) is 19.7. The van der Waals surface area contributed by atoms with E-state index < -0.39 is 5.91 Å². The average molecular weight is 353 g/mol. The average Bonchev–Trinajstić information content (AvgIpc) is 2.59. The maximum atomic E-state index is 12.2. The van der Waals surface area contributed by atoms with Gasteiger partial charge in [-0.3, -0.25) is 9.59 Å². The van der Waals surface area contributed by atoms with Crippen molar-refractivity contribution in [2.45, 2.75) is 51.6 Å². The van der Waals surface area contributed by atoms with Crippen LogP contribution in [0.1, 0.15) is 56.2 Å². The molecule has 0 unspecified atom stereocenters. The number of primary amides is 1. The molecule has 0 aliphatic heterocycles. The second-order valence-corrected chi connectivity index (χ2v) is 7.59. The standard InChI is InChI=1S/C22H27NO3/c1-22(2,3)19-11-9-16(10-12-19)15-26-21(25)14-18(13-20(23)24)17-7-5-4-6-8-17/h4-12,18H,13-15H2,1-3H3,(H2,23,24)/t18-/m0/s1. The second kappa shape index (κ2) is 8.65. The van der Waals surface area contributed by atoms with Gasteiger partial charge in [0.15, 0.2) is 0 Å². The third kappa shape index (κ3) is 6.03. The molecular formula is C22H27NO3. The Morgan fingerprint density at radius 1 is 0.962 bits per heavy atom. The lowest BCUT2D eigenvalue weighted by Gasteiger charge is -2.19. The molecule has 1 atom stereocenters. The van der Waals surface area contributed by atoms with Gasteiger partial charge in [0.2, 0.25) is 5.91 Å². The number of benzene rings is 2. The molecule has 2 aromatic rings. The minimum absolute atomic E-state index is 0.0902. The highest BCUT2D eigenvalue weighted by Gasteiger charge is 2.19. The fourth-order valence-electron chi connectivity index (χ4n) is 2.80. The predicted molar refractivity (Wildman–Crippen MR) is 103 cm³/mol. The van der Waals surface area contributed by atoms with Gasteiger partial charge < -0.3 is 10.5 Å². The van der Waals surface area contributed by atoms with Crippen molar-refractivity contribution in [3.8, 4) is 0 Å². The molecule has 4 nitrogen and oxygen atoms in total. The van der Waals surface area contributed by atoms with E-state index in [-0.39, 0.29) is 36.8 Å². The summed E-state index contributed by atoms with van der Waals surface area (Å²) in [5.41, 5.74) is 8.51. The molecule has 0 saturated heterocycles. The highest BCUT2D eigenvalue weighted by Crippen LogP contribution is 2.25. The Morgan fingerprint density at radius 3 is 2.12 bits per heavy atom. The van der Waals surface area contributed by atoms with Crippen LogP contribution in [0.3, 0.4) is 0 Å². The van der Waals surface area contributed by atoms with E-state index in [0.717, 1.165) is 11.1 Å². The number of esters is 1. The first-order valence-corrected chi connectivity index (χ1v) is 8.84. The first-order valence-electron chi connectivity index (χ1n) is 8.84. The molecule has 0 saturated carbocycles. The lowest BCUT2D eigenvalue weighted by Crippen LogP contribution is -2.18. The molecule has 0 radical (unpaired) electrons. The maximum absolute atomic E-state index is 12.2. The normalized spacial score (nSPS) is 12.4. The van der Waals surface area contributed by atoms with Gasteiger partial charge in [0, 0.05) is 12.3 Å². The van der Waals surface area contributed by atoms with Crippen LogP contribution >= 0.6 is 0 Å². The number of carbonyl (C=O) groups excluding carboxylic acids is 2.